The fraction of sp³-hybridized carbons (Fsp3) is 0.0417. The van der Waals surface area contributed by atoms with Crippen LogP contribution in [0.3, 0.4) is 0 Å². The zero-order valence-corrected chi connectivity index (χ0v) is 18.8. The summed E-state index contributed by atoms with van der Waals surface area (Å²) in [6, 6.07) is 24.8. The predicted molar refractivity (Wildman–Crippen MR) is 126 cm³/mol. The van der Waals surface area contributed by atoms with Crippen LogP contribution >= 0.6 is 11.6 Å². The zero-order chi connectivity index (χ0) is 23.3. The van der Waals surface area contributed by atoms with Crippen LogP contribution in [0.5, 0.6) is 5.75 Å². The Kier molecular flexibility index (Phi) is 6.67. The van der Waals surface area contributed by atoms with Gasteiger partial charge in [0.05, 0.1) is 15.6 Å². The molecule has 7 nitrogen and oxygen atoms in total. The molecule has 33 heavy (non-hydrogen) atoms. The van der Waals surface area contributed by atoms with E-state index in [9.17, 15) is 13.2 Å². The maximum absolute atomic E-state index is 12.7. The number of carbonyl (C=O) groups excluding carboxylic acids is 1. The lowest BCUT2D eigenvalue weighted by molar-refractivity contribution is 0.0992. The molecule has 0 atom stereocenters. The monoisotopic (exact) mass is 482 g/mol. The van der Waals surface area contributed by atoms with E-state index in [4.69, 9.17) is 20.8 Å². The lowest BCUT2D eigenvalue weighted by Crippen LogP contribution is -2.15. The van der Waals surface area contributed by atoms with E-state index in [2.05, 4.69) is 10.0 Å². The van der Waals surface area contributed by atoms with Gasteiger partial charge in [-0.3, -0.25) is 9.52 Å². The molecule has 3 aromatic carbocycles. The van der Waals surface area contributed by atoms with Gasteiger partial charge in [0.2, 0.25) is 0 Å². The van der Waals surface area contributed by atoms with E-state index in [0.717, 1.165) is 0 Å². The highest BCUT2D eigenvalue weighted by molar-refractivity contribution is 7.92. The van der Waals surface area contributed by atoms with Gasteiger partial charge in [0.15, 0.2) is 5.76 Å². The van der Waals surface area contributed by atoms with Crippen LogP contribution in [0, 0.1) is 0 Å². The molecule has 1 amide bonds. The predicted octanol–water partition coefficient (Wildman–Crippen LogP) is 5.57. The standard InChI is InChI=1S/C24H19ClN2O5S/c25-21-11-4-5-12-22(21)27-33(29,30)20-10-6-7-17(15-20)26-24(28)23-14-13-19(32-23)16-31-18-8-2-1-3-9-18/h1-15,27H,16H2,(H,26,28). The molecule has 2 N–H and O–H groups in total. The molecule has 1 aromatic heterocycles. The van der Waals surface area contributed by atoms with Gasteiger partial charge in [-0.1, -0.05) is 48.0 Å². The topological polar surface area (TPSA) is 97.6 Å². The molecule has 0 aliphatic heterocycles. The van der Waals surface area contributed by atoms with E-state index in [1.807, 2.05) is 30.3 Å². The summed E-state index contributed by atoms with van der Waals surface area (Å²) in [5.41, 5.74) is 0.551. The minimum absolute atomic E-state index is 0.0309. The SMILES string of the molecule is O=C(Nc1cccc(S(=O)(=O)Nc2ccccc2Cl)c1)c1ccc(COc2ccccc2)o1. The van der Waals surface area contributed by atoms with E-state index in [1.165, 1.54) is 24.3 Å². The van der Waals surface area contributed by atoms with Crippen molar-refractivity contribution in [3.8, 4) is 5.75 Å². The summed E-state index contributed by atoms with van der Waals surface area (Å²) >= 11 is 6.04. The van der Waals surface area contributed by atoms with Crippen LogP contribution < -0.4 is 14.8 Å². The quantitative estimate of drug-likeness (QED) is 0.342. The minimum Gasteiger partial charge on any atom is -0.486 e. The molecule has 0 spiro atoms. The van der Waals surface area contributed by atoms with Gasteiger partial charge in [-0.25, -0.2) is 8.42 Å². The Morgan fingerprint density at radius 1 is 0.909 bits per heavy atom. The molecule has 0 saturated carbocycles. The van der Waals surface area contributed by atoms with Crippen molar-refractivity contribution in [1.82, 2.24) is 0 Å². The van der Waals surface area contributed by atoms with Crippen molar-refractivity contribution in [3.05, 3.63) is 108 Å². The Labute approximate surface area is 196 Å². The minimum atomic E-state index is -3.91. The van der Waals surface area contributed by atoms with Crippen molar-refractivity contribution in [1.29, 1.82) is 0 Å². The molecule has 4 rings (SSSR count). The second-order valence-corrected chi connectivity index (χ2v) is 9.02. The summed E-state index contributed by atoms with van der Waals surface area (Å²) in [4.78, 5) is 12.5. The van der Waals surface area contributed by atoms with Crippen molar-refractivity contribution >= 4 is 38.9 Å². The summed E-state index contributed by atoms with van der Waals surface area (Å²) in [6.45, 7) is 0.165. The van der Waals surface area contributed by atoms with Crippen molar-refractivity contribution in [2.45, 2.75) is 11.5 Å². The van der Waals surface area contributed by atoms with Crippen LogP contribution in [-0.4, -0.2) is 14.3 Å². The van der Waals surface area contributed by atoms with Crippen LogP contribution in [0.25, 0.3) is 0 Å². The largest absolute Gasteiger partial charge is 0.486 e. The first-order chi connectivity index (χ1) is 15.9. The van der Waals surface area contributed by atoms with Gasteiger partial charge in [-0.05, 0) is 54.6 Å². The summed E-state index contributed by atoms with van der Waals surface area (Å²) in [5.74, 6) is 0.714. The third kappa shape index (κ3) is 5.74. The van der Waals surface area contributed by atoms with Gasteiger partial charge in [-0.2, -0.15) is 0 Å². The van der Waals surface area contributed by atoms with E-state index in [0.29, 0.717) is 17.2 Å². The first-order valence-electron chi connectivity index (χ1n) is 9.86. The average Bonchev–Trinajstić information content (AvgIpc) is 3.29. The normalized spacial score (nSPS) is 11.1. The molecule has 168 valence electrons. The number of halogens is 1. The van der Waals surface area contributed by atoms with E-state index in [1.54, 1.807) is 36.4 Å². The number of ether oxygens (including phenoxy) is 1. The number of nitrogens with one attached hydrogen (secondary N) is 2. The van der Waals surface area contributed by atoms with E-state index >= 15 is 0 Å². The Morgan fingerprint density at radius 2 is 1.67 bits per heavy atom. The van der Waals surface area contributed by atoms with Crippen LogP contribution in [-0.2, 0) is 16.6 Å². The van der Waals surface area contributed by atoms with E-state index in [-0.39, 0.29) is 28.0 Å². The Hall–Kier alpha value is -3.75. The average molecular weight is 483 g/mol. The third-order valence-corrected chi connectivity index (χ3v) is 6.22. The van der Waals surface area contributed by atoms with Gasteiger partial charge in [0.1, 0.15) is 18.1 Å². The number of para-hydroxylation sites is 2. The first kappa shape index (κ1) is 22.4. The zero-order valence-electron chi connectivity index (χ0n) is 17.2. The van der Waals surface area contributed by atoms with Crippen molar-refractivity contribution < 1.29 is 22.4 Å². The second-order valence-electron chi connectivity index (χ2n) is 6.93. The van der Waals surface area contributed by atoms with E-state index < -0.39 is 15.9 Å². The molecule has 9 heteroatoms. The number of benzene rings is 3. The third-order valence-electron chi connectivity index (χ3n) is 4.53. The molecule has 1 heterocycles. The first-order valence-corrected chi connectivity index (χ1v) is 11.7. The van der Waals surface area contributed by atoms with Crippen LogP contribution in [0.2, 0.25) is 5.02 Å². The number of hydrogen-bond acceptors (Lipinski definition) is 5. The maximum Gasteiger partial charge on any atom is 0.291 e. The maximum atomic E-state index is 12.7. The highest BCUT2D eigenvalue weighted by atomic mass is 35.5. The number of sulfonamides is 1. The molecular formula is C24H19ClN2O5S. The Bertz CT molecular complexity index is 1370. The number of amides is 1. The molecule has 0 aliphatic carbocycles. The van der Waals surface area contributed by atoms with Crippen molar-refractivity contribution in [3.63, 3.8) is 0 Å². The summed E-state index contributed by atoms with van der Waals surface area (Å²) in [5, 5.41) is 2.91. The van der Waals surface area contributed by atoms with Crippen molar-refractivity contribution in [2.24, 2.45) is 0 Å². The van der Waals surface area contributed by atoms with Crippen molar-refractivity contribution in [2.75, 3.05) is 10.0 Å². The van der Waals surface area contributed by atoms with Crippen LogP contribution in [0.1, 0.15) is 16.3 Å². The Morgan fingerprint density at radius 3 is 2.45 bits per heavy atom. The highest BCUT2D eigenvalue weighted by Gasteiger charge is 2.18. The summed E-state index contributed by atoms with van der Waals surface area (Å²) < 4.78 is 39.1. The fourth-order valence-electron chi connectivity index (χ4n) is 2.93. The number of hydrogen-bond donors (Lipinski definition) is 2. The van der Waals surface area contributed by atoms with Gasteiger partial charge < -0.3 is 14.5 Å². The summed E-state index contributed by atoms with van der Waals surface area (Å²) in [7, 11) is -3.91. The van der Waals surface area contributed by atoms with Gasteiger partial charge in [0.25, 0.3) is 15.9 Å². The molecule has 0 fully saturated rings. The van der Waals surface area contributed by atoms with Gasteiger partial charge in [-0.15, -0.1) is 0 Å². The molecule has 0 bridgehead atoms. The molecule has 0 aliphatic rings. The second kappa shape index (κ2) is 9.81. The summed E-state index contributed by atoms with van der Waals surface area (Å²) in [6.07, 6.45) is 0. The molecule has 0 saturated heterocycles. The lowest BCUT2D eigenvalue weighted by Gasteiger charge is -2.11. The van der Waals surface area contributed by atoms with Crippen LogP contribution in [0.4, 0.5) is 11.4 Å². The molecular weight excluding hydrogens is 464 g/mol. The number of anilines is 2. The van der Waals surface area contributed by atoms with Crippen LogP contribution in [0.15, 0.2) is 100 Å². The Balaban J connectivity index is 1.42. The molecule has 0 radical (unpaired) electrons. The molecule has 4 aromatic rings. The number of rotatable bonds is 8. The van der Waals surface area contributed by atoms with Gasteiger partial charge >= 0.3 is 0 Å². The van der Waals surface area contributed by atoms with Gasteiger partial charge in [0, 0.05) is 5.69 Å². The fourth-order valence-corrected chi connectivity index (χ4v) is 4.29. The lowest BCUT2D eigenvalue weighted by atomic mass is 10.3. The number of furan rings is 1. The molecule has 0 unspecified atom stereocenters. The smallest absolute Gasteiger partial charge is 0.291 e. The number of carbonyl (C=O) groups is 1. The highest BCUT2D eigenvalue weighted by Crippen LogP contribution is 2.25.